The number of aliphatic carboxylic acids is 2. The number of aliphatic hydroxyl groups is 1. The predicted molar refractivity (Wildman–Crippen MR) is 210 cm³/mol. The minimum Gasteiger partial charge on any atom is -0.481 e. The molecule has 0 spiro atoms. The molecule has 0 unspecified atom stereocenters. The number of rotatable bonds is 22. The van der Waals surface area contributed by atoms with E-state index in [4.69, 9.17) is 10.8 Å². The summed E-state index contributed by atoms with van der Waals surface area (Å²) < 4.78 is 0. The quantitative estimate of drug-likeness (QED) is 0.0565. The number of hydrogen-bond donors (Lipinski definition) is 11. The number of carboxylic acid groups (broad SMARTS) is 2. The van der Waals surface area contributed by atoms with Gasteiger partial charge in [-0.2, -0.15) is 12.6 Å². The van der Waals surface area contributed by atoms with Gasteiger partial charge in [-0.05, 0) is 31.2 Å². The summed E-state index contributed by atoms with van der Waals surface area (Å²) >= 11 is 4.20. The average Bonchev–Trinajstić information content (AvgIpc) is 3.89. The average molecular weight is 832 g/mol. The number of nitrogens with zero attached hydrogens (tertiary/aromatic N) is 2. The van der Waals surface area contributed by atoms with Crippen molar-refractivity contribution >= 4 is 60.0 Å². The van der Waals surface area contributed by atoms with Crippen LogP contribution in [0.5, 0.6) is 0 Å². The normalized spacial score (nSPS) is 17.9. The van der Waals surface area contributed by atoms with Crippen molar-refractivity contribution in [2.24, 2.45) is 11.7 Å². The summed E-state index contributed by atoms with van der Waals surface area (Å²) in [5, 5.41) is 41.5. The second kappa shape index (κ2) is 22.4. The van der Waals surface area contributed by atoms with Crippen molar-refractivity contribution in [2.75, 3.05) is 12.3 Å². The Labute approximate surface area is 340 Å². The van der Waals surface area contributed by atoms with Gasteiger partial charge < -0.3 is 57.5 Å². The van der Waals surface area contributed by atoms with Crippen LogP contribution in [0.1, 0.15) is 57.7 Å². The molecule has 0 bridgehead atoms. The second-order valence-electron chi connectivity index (χ2n) is 14.2. The third-order valence-electron chi connectivity index (χ3n) is 9.73. The molecule has 1 aliphatic rings. The lowest BCUT2D eigenvalue weighted by molar-refractivity contribution is -0.144. The van der Waals surface area contributed by atoms with Crippen molar-refractivity contribution in [1.29, 1.82) is 0 Å². The minimum absolute atomic E-state index is 0.0390. The van der Waals surface area contributed by atoms with Crippen LogP contribution >= 0.6 is 12.6 Å². The van der Waals surface area contributed by atoms with Gasteiger partial charge >= 0.3 is 11.9 Å². The minimum atomic E-state index is -1.66. The Balaban J connectivity index is 1.86. The van der Waals surface area contributed by atoms with Crippen molar-refractivity contribution in [2.45, 2.75) is 108 Å². The molecule has 2 heterocycles. The SMILES string of the molecule is CC[C@H](C)[C@H](NC(=O)[C@H](CS)NC(=O)[C@@H]1CCCN1C(=O)[C@H](Cc1ccccc1)NC(=O)[C@H](Cc1cnc[nH]1)NC(=O)[C@@H](NC(=O)[C@@H](N)CC(=O)O)[C@@H](C)O)C(=O)O. The molecule has 0 radical (unpaired) electrons. The molecule has 1 aliphatic heterocycles. The number of aliphatic hydroxyl groups excluding tert-OH is 1. The number of imidazole rings is 1. The molecule has 1 aromatic carbocycles. The molecule has 6 amide bonds. The van der Waals surface area contributed by atoms with Crippen molar-refractivity contribution in [3.8, 4) is 0 Å². The van der Waals surface area contributed by atoms with E-state index in [1.165, 1.54) is 24.3 Å². The molecule has 1 saturated heterocycles. The highest BCUT2D eigenvalue weighted by atomic mass is 32.1. The first-order chi connectivity index (χ1) is 27.5. The highest BCUT2D eigenvalue weighted by molar-refractivity contribution is 7.80. The van der Waals surface area contributed by atoms with Gasteiger partial charge in [-0.1, -0.05) is 50.6 Å². The number of hydrogen-bond acceptors (Lipinski definition) is 12. The van der Waals surface area contributed by atoms with Crippen LogP contribution in [0.25, 0.3) is 0 Å². The van der Waals surface area contributed by atoms with Gasteiger partial charge in [-0.3, -0.25) is 33.6 Å². The summed E-state index contributed by atoms with van der Waals surface area (Å²) in [6.07, 6.45) is 1.33. The first-order valence-corrected chi connectivity index (χ1v) is 19.4. The Hall–Kier alpha value is -5.54. The van der Waals surface area contributed by atoms with E-state index in [0.29, 0.717) is 24.1 Å². The predicted octanol–water partition coefficient (Wildman–Crippen LogP) is -2.15. The van der Waals surface area contributed by atoms with Crippen LogP contribution in [0.3, 0.4) is 0 Å². The monoisotopic (exact) mass is 831 g/mol. The number of carboxylic acids is 2. The van der Waals surface area contributed by atoms with E-state index in [-0.39, 0.29) is 31.6 Å². The second-order valence-corrected chi connectivity index (χ2v) is 14.5. The molecule has 0 aliphatic carbocycles. The van der Waals surface area contributed by atoms with Crippen molar-refractivity contribution in [1.82, 2.24) is 41.5 Å². The Morgan fingerprint density at radius 3 is 2.09 bits per heavy atom. The van der Waals surface area contributed by atoms with Gasteiger partial charge in [0.25, 0.3) is 0 Å². The van der Waals surface area contributed by atoms with Gasteiger partial charge in [0, 0.05) is 37.0 Å². The summed E-state index contributed by atoms with van der Waals surface area (Å²) in [5.41, 5.74) is 6.67. The standard InChI is InChI=1S/C37H53N9O11S/c1-4-19(2)29(37(56)57)44-33(52)26(17-58)43-34(53)27-11-8-12-46(27)36(55)25(13-21-9-6-5-7-10-21)42-32(51)24(14-22-16-39-18-40-22)41-35(54)30(20(3)47)45-31(50)23(38)15-28(48)49/h5-7,9-10,16,18-20,23-27,29-30,47,58H,4,8,11-15,17,38H2,1-3H3,(H,39,40)(H,41,54)(H,42,51)(H,43,53)(H,44,52)(H,45,50)(H,48,49)(H,56,57)/t19-,20+,23-,24-,25-,26-,27-,29-,30-/m0/s1. The maximum absolute atomic E-state index is 14.4. The van der Waals surface area contributed by atoms with Gasteiger partial charge in [0.2, 0.25) is 35.4 Å². The molecule has 21 heteroatoms. The molecular weight excluding hydrogens is 779 g/mol. The van der Waals surface area contributed by atoms with Gasteiger partial charge in [0.05, 0.1) is 24.9 Å². The van der Waals surface area contributed by atoms with E-state index < -0.39 is 108 Å². The van der Waals surface area contributed by atoms with Crippen LogP contribution in [-0.2, 0) is 51.2 Å². The summed E-state index contributed by atoms with van der Waals surface area (Å²) in [6.45, 7) is 4.76. The van der Waals surface area contributed by atoms with E-state index in [0.717, 1.165) is 0 Å². The topological polar surface area (TPSA) is 315 Å². The molecule has 58 heavy (non-hydrogen) atoms. The number of aromatic amines is 1. The van der Waals surface area contributed by atoms with E-state index in [9.17, 15) is 48.6 Å². The largest absolute Gasteiger partial charge is 0.481 e. The number of nitrogens with two attached hydrogens (primary N) is 1. The number of likely N-dealkylation sites (tertiary alicyclic amines) is 1. The first-order valence-electron chi connectivity index (χ1n) is 18.8. The van der Waals surface area contributed by atoms with Crippen molar-refractivity contribution in [3.63, 3.8) is 0 Å². The molecule has 0 saturated carbocycles. The van der Waals surface area contributed by atoms with E-state index >= 15 is 0 Å². The summed E-state index contributed by atoms with van der Waals surface area (Å²) in [5.74, 6) is -8.16. The van der Waals surface area contributed by atoms with Crippen LogP contribution in [0.4, 0.5) is 0 Å². The Morgan fingerprint density at radius 2 is 1.52 bits per heavy atom. The molecule has 318 valence electrons. The zero-order chi connectivity index (χ0) is 43.1. The number of nitrogens with one attached hydrogen (secondary N) is 6. The maximum Gasteiger partial charge on any atom is 0.326 e. The van der Waals surface area contributed by atoms with Gasteiger partial charge in [-0.15, -0.1) is 0 Å². The van der Waals surface area contributed by atoms with Crippen LogP contribution in [0, 0.1) is 5.92 Å². The Kier molecular flexibility index (Phi) is 18.1. The zero-order valence-electron chi connectivity index (χ0n) is 32.4. The van der Waals surface area contributed by atoms with Gasteiger partial charge in [-0.25, -0.2) is 9.78 Å². The molecule has 1 aromatic heterocycles. The lowest BCUT2D eigenvalue weighted by Crippen LogP contribution is -2.61. The number of aromatic nitrogens is 2. The molecule has 20 nitrogen and oxygen atoms in total. The Bertz CT molecular complexity index is 1750. The number of thiol groups is 1. The van der Waals surface area contributed by atoms with Crippen LogP contribution in [-0.4, -0.2) is 138 Å². The number of H-pyrrole nitrogens is 1. The van der Waals surface area contributed by atoms with Crippen molar-refractivity contribution < 1.29 is 53.7 Å². The summed E-state index contributed by atoms with van der Waals surface area (Å²) in [7, 11) is 0. The third-order valence-corrected chi connectivity index (χ3v) is 10.1. The summed E-state index contributed by atoms with van der Waals surface area (Å²) in [6, 6.07) is -0.731. The lowest BCUT2D eigenvalue weighted by Gasteiger charge is -2.31. The van der Waals surface area contributed by atoms with Crippen LogP contribution in [0.2, 0.25) is 0 Å². The number of amides is 6. The number of carbonyl (C=O) groups excluding carboxylic acids is 6. The van der Waals surface area contributed by atoms with Crippen LogP contribution < -0.4 is 32.3 Å². The lowest BCUT2D eigenvalue weighted by atomic mass is 9.99. The fourth-order valence-corrected chi connectivity index (χ4v) is 6.51. The molecule has 1 fully saturated rings. The first kappa shape index (κ1) is 46.8. The molecular formula is C37H53N9O11S. The highest BCUT2D eigenvalue weighted by Gasteiger charge is 2.40. The molecule has 11 N–H and O–H groups in total. The van der Waals surface area contributed by atoms with E-state index in [1.807, 2.05) is 0 Å². The number of benzene rings is 1. The molecule has 2 aromatic rings. The smallest absolute Gasteiger partial charge is 0.326 e. The van der Waals surface area contributed by atoms with E-state index in [1.54, 1.807) is 44.2 Å². The number of carbonyl (C=O) groups is 8. The zero-order valence-corrected chi connectivity index (χ0v) is 33.3. The Morgan fingerprint density at radius 1 is 0.879 bits per heavy atom. The highest BCUT2D eigenvalue weighted by Crippen LogP contribution is 2.21. The van der Waals surface area contributed by atoms with E-state index in [2.05, 4.69) is 49.2 Å². The molecule has 3 rings (SSSR count). The van der Waals surface area contributed by atoms with Crippen molar-refractivity contribution in [3.05, 3.63) is 54.1 Å². The summed E-state index contributed by atoms with van der Waals surface area (Å²) in [4.78, 5) is 112. The third kappa shape index (κ3) is 13.5. The van der Waals surface area contributed by atoms with Gasteiger partial charge in [0.15, 0.2) is 0 Å². The maximum atomic E-state index is 14.4. The van der Waals surface area contributed by atoms with Gasteiger partial charge in [0.1, 0.15) is 36.3 Å². The molecule has 9 atom stereocenters. The van der Waals surface area contributed by atoms with Crippen LogP contribution in [0.15, 0.2) is 42.9 Å². The fourth-order valence-electron chi connectivity index (χ4n) is 6.26. The fraction of sp³-hybridized carbons (Fsp3) is 0.541.